The van der Waals surface area contributed by atoms with Crippen LogP contribution in [0.2, 0.25) is 5.02 Å². The molecule has 13 heteroatoms. The van der Waals surface area contributed by atoms with E-state index in [2.05, 4.69) is 9.88 Å². The van der Waals surface area contributed by atoms with E-state index in [0.29, 0.717) is 44.7 Å². The first-order valence-electron chi connectivity index (χ1n) is 16.6. The topological polar surface area (TPSA) is 91.3 Å². The third-order valence-electron chi connectivity index (χ3n) is 10.5. The molecule has 4 aromatic rings. The van der Waals surface area contributed by atoms with Gasteiger partial charge in [-0.3, -0.25) is 9.80 Å². The second kappa shape index (κ2) is 12.5. The molecule has 4 saturated heterocycles. The average Bonchev–Trinajstić information content (AvgIpc) is 3.71. The number of hydrogen-bond donors (Lipinski definition) is 1. The molecule has 1 amide bonds. The van der Waals surface area contributed by atoms with Gasteiger partial charge in [0, 0.05) is 37.0 Å². The summed E-state index contributed by atoms with van der Waals surface area (Å²) in [5.41, 5.74) is -0.121. The number of amides is 1. The number of benzene rings is 3. The number of carboxylic acid groups (broad SMARTS) is 1. The van der Waals surface area contributed by atoms with Crippen LogP contribution >= 0.6 is 11.6 Å². The highest BCUT2D eigenvalue weighted by Crippen LogP contribution is 2.45. The standard InChI is InChI=1S/C36H35ClF3N5O4/c37-26-14-25-32(31(40)29(26)30-27(39)8-4-9-28(30)48-19-21-6-2-1-3-7-21)41-34(49-20-36-12-5-13-44(36)16-22(38)15-36)42-33(25)43-17-23-10-11-24(18-43)45(23)35(46)47/h1-4,6-9,14,22-24H,5,10-13,15-20H2,(H,46,47)/t22-,23-,24+,36+/m1/s1. The van der Waals surface area contributed by atoms with Crippen molar-refractivity contribution in [2.45, 2.75) is 62.5 Å². The van der Waals surface area contributed by atoms with Crippen molar-refractivity contribution < 1.29 is 32.5 Å². The monoisotopic (exact) mass is 693 g/mol. The Hall–Kier alpha value is -4.29. The quantitative estimate of drug-likeness (QED) is 0.209. The molecule has 0 spiro atoms. The summed E-state index contributed by atoms with van der Waals surface area (Å²) < 4.78 is 59.4. The molecule has 3 aromatic carbocycles. The van der Waals surface area contributed by atoms with Crippen molar-refractivity contribution >= 4 is 34.4 Å². The third kappa shape index (κ3) is 5.68. The lowest BCUT2D eigenvalue weighted by molar-refractivity contribution is 0.107. The molecule has 4 aliphatic heterocycles. The third-order valence-corrected chi connectivity index (χ3v) is 10.8. The molecular weight excluding hydrogens is 659 g/mol. The van der Waals surface area contributed by atoms with Crippen LogP contribution in [-0.2, 0) is 6.61 Å². The fourth-order valence-electron chi connectivity index (χ4n) is 8.33. The van der Waals surface area contributed by atoms with Crippen LogP contribution in [0.25, 0.3) is 22.0 Å². The molecule has 8 rings (SSSR count). The van der Waals surface area contributed by atoms with Crippen LogP contribution in [0.1, 0.15) is 37.7 Å². The number of anilines is 1. The molecule has 4 fully saturated rings. The molecule has 5 heterocycles. The van der Waals surface area contributed by atoms with Crippen molar-refractivity contribution in [1.29, 1.82) is 0 Å². The minimum Gasteiger partial charge on any atom is -0.488 e. The summed E-state index contributed by atoms with van der Waals surface area (Å²) in [4.78, 5) is 26.8. The van der Waals surface area contributed by atoms with E-state index in [1.54, 1.807) is 6.07 Å². The van der Waals surface area contributed by atoms with Gasteiger partial charge >= 0.3 is 12.1 Å². The van der Waals surface area contributed by atoms with E-state index in [-0.39, 0.29) is 64.1 Å². The van der Waals surface area contributed by atoms with Crippen LogP contribution in [0, 0.1) is 11.6 Å². The maximum absolute atomic E-state index is 17.0. The highest BCUT2D eigenvalue weighted by Gasteiger charge is 2.49. The zero-order chi connectivity index (χ0) is 33.9. The molecule has 4 atom stereocenters. The summed E-state index contributed by atoms with van der Waals surface area (Å²) in [6.07, 6.45) is 1.48. The molecule has 49 heavy (non-hydrogen) atoms. The van der Waals surface area contributed by atoms with Gasteiger partial charge < -0.3 is 19.5 Å². The van der Waals surface area contributed by atoms with Crippen LogP contribution in [-0.4, -0.2) is 87.5 Å². The summed E-state index contributed by atoms with van der Waals surface area (Å²) in [6, 6.07) is 14.5. The Morgan fingerprint density at radius 2 is 1.78 bits per heavy atom. The van der Waals surface area contributed by atoms with Crippen molar-refractivity contribution in [2.75, 3.05) is 37.7 Å². The molecule has 2 bridgehead atoms. The number of alkyl halides is 1. The predicted octanol–water partition coefficient (Wildman–Crippen LogP) is 7.09. The fraction of sp³-hybridized carbons (Fsp3) is 0.417. The number of aromatic nitrogens is 2. The zero-order valence-corrected chi connectivity index (χ0v) is 27.4. The molecule has 9 nitrogen and oxygen atoms in total. The first-order chi connectivity index (χ1) is 23.7. The average molecular weight is 694 g/mol. The highest BCUT2D eigenvalue weighted by molar-refractivity contribution is 6.34. The molecule has 0 unspecified atom stereocenters. The molecule has 1 aromatic heterocycles. The Kier molecular flexibility index (Phi) is 8.18. The van der Waals surface area contributed by atoms with E-state index in [9.17, 15) is 14.3 Å². The van der Waals surface area contributed by atoms with Crippen molar-refractivity contribution in [3.8, 4) is 22.9 Å². The van der Waals surface area contributed by atoms with Crippen molar-refractivity contribution in [3.05, 3.63) is 76.8 Å². The van der Waals surface area contributed by atoms with Crippen molar-refractivity contribution in [3.63, 3.8) is 0 Å². The summed E-state index contributed by atoms with van der Waals surface area (Å²) in [6.45, 7) is 2.04. The van der Waals surface area contributed by atoms with Gasteiger partial charge in [0.25, 0.3) is 0 Å². The number of piperazine rings is 1. The maximum Gasteiger partial charge on any atom is 0.407 e. The zero-order valence-electron chi connectivity index (χ0n) is 26.6. The van der Waals surface area contributed by atoms with E-state index in [1.165, 1.54) is 23.1 Å². The van der Waals surface area contributed by atoms with E-state index in [4.69, 9.17) is 26.1 Å². The number of rotatable bonds is 8. The normalized spacial score (nSPS) is 24.9. The van der Waals surface area contributed by atoms with Gasteiger partial charge in [-0.25, -0.2) is 18.0 Å². The Balaban J connectivity index is 1.22. The lowest BCUT2D eigenvalue weighted by Gasteiger charge is -2.40. The van der Waals surface area contributed by atoms with Gasteiger partial charge in [-0.2, -0.15) is 9.97 Å². The van der Waals surface area contributed by atoms with Gasteiger partial charge in [-0.15, -0.1) is 0 Å². The van der Waals surface area contributed by atoms with Gasteiger partial charge in [0.05, 0.1) is 28.2 Å². The van der Waals surface area contributed by atoms with Gasteiger partial charge in [0.15, 0.2) is 5.82 Å². The van der Waals surface area contributed by atoms with Crippen LogP contribution in [0.3, 0.4) is 0 Å². The first-order valence-corrected chi connectivity index (χ1v) is 17.0. The van der Waals surface area contributed by atoms with Crippen LogP contribution in [0.5, 0.6) is 11.8 Å². The molecular formula is C36H35ClF3N5O4. The largest absolute Gasteiger partial charge is 0.488 e. The number of hydrogen-bond acceptors (Lipinski definition) is 7. The number of carbonyl (C=O) groups is 1. The lowest BCUT2D eigenvalue weighted by Crippen LogP contribution is -2.55. The minimum atomic E-state index is -0.972. The van der Waals surface area contributed by atoms with Crippen molar-refractivity contribution in [1.82, 2.24) is 19.8 Å². The van der Waals surface area contributed by atoms with Gasteiger partial charge in [-0.05, 0) is 56.0 Å². The van der Waals surface area contributed by atoms with E-state index < -0.39 is 29.4 Å². The Morgan fingerprint density at radius 1 is 1.00 bits per heavy atom. The smallest absolute Gasteiger partial charge is 0.407 e. The molecule has 0 radical (unpaired) electrons. The van der Waals surface area contributed by atoms with E-state index in [0.717, 1.165) is 24.9 Å². The highest BCUT2D eigenvalue weighted by atomic mass is 35.5. The Labute approximate surface area is 286 Å². The summed E-state index contributed by atoms with van der Waals surface area (Å²) in [5.74, 6) is -1.14. The van der Waals surface area contributed by atoms with Crippen molar-refractivity contribution in [2.24, 2.45) is 0 Å². The molecule has 256 valence electrons. The van der Waals surface area contributed by atoms with Gasteiger partial charge in [0.1, 0.15) is 42.3 Å². The minimum absolute atomic E-state index is 0.0641. The second-order valence-corrected chi connectivity index (χ2v) is 13.9. The lowest BCUT2D eigenvalue weighted by atomic mass is 9.95. The fourth-order valence-corrected chi connectivity index (χ4v) is 8.62. The van der Waals surface area contributed by atoms with E-state index >= 15 is 8.78 Å². The van der Waals surface area contributed by atoms with Gasteiger partial charge in [-0.1, -0.05) is 48.0 Å². The molecule has 0 saturated carbocycles. The Morgan fingerprint density at radius 3 is 2.53 bits per heavy atom. The summed E-state index contributed by atoms with van der Waals surface area (Å²) >= 11 is 6.82. The maximum atomic E-state index is 17.0. The SMILES string of the molecule is O=C(O)N1[C@@H]2CC[C@H]1CN(c1nc(OC[C@@]34CCCN3C[C@H](F)C4)nc3c(F)c(-c4c(F)cccc4OCc4ccccc4)c(Cl)cc13)C2. The number of nitrogens with zero attached hydrogens (tertiary/aromatic N) is 5. The Bertz CT molecular complexity index is 1910. The van der Waals surface area contributed by atoms with Crippen LogP contribution in [0.4, 0.5) is 23.8 Å². The number of halogens is 4. The summed E-state index contributed by atoms with van der Waals surface area (Å²) in [5, 5.41) is 10.1. The number of fused-ring (bicyclic) bond motifs is 4. The predicted molar refractivity (Wildman–Crippen MR) is 178 cm³/mol. The first kappa shape index (κ1) is 31.9. The molecule has 0 aliphatic carbocycles. The summed E-state index contributed by atoms with van der Waals surface area (Å²) in [7, 11) is 0. The number of ether oxygens (including phenoxy) is 2. The molecule has 4 aliphatic rings. The van der Waals surface area contributed by atoms with Crippen LogP contribution < -0.4 is 14.4 Å². The van der Waals surface area contributed by atoms with E-state index in [1.807, 2.05) is 35.2 Å². The second-order valence-electron chi connectivity index (χ2n) is 13.5. The van der Waals surface area contributed by atoms with Gasteiger partial charge in [0.2, 0.25) is 0 Å². The van der Waals surface area contributed by atoms with Crippen LogP contribution in [0.15, 0.2) is 54.6 Å². The molecule has 1 N–H and O–H groups in total.